The lowest BCUT2D eigenvalue weighted by atomic mass is 10.2. The zero-order valence-electron chi connectivity index (χ0n) is 13.1. The van der Waals surface area contributed by atoms with Crippen molar-refractivity contribution in [1.82, 2.24) is 4.31 Å². The van der Waals surface area contributed by atoms with Gasteiger partial charge in [-0.3, -0.25) is 0 Å². The van der Waals surface area contributed by atoms with Gasteiger partial charge >= 0.3 is 0 Å². The summed E-state index contributed by atoms with van der Waals surface area (Å²) < 4.78 is 49.9. The van der Waals surface area contributed by atoms with Crippen molar-refractivity contribution in [2.45, 2.75) is 11.4 Å². The second-order valence-corrected chi connectivity index (χ2v) is 6.95. The van der Waals surface area contributed by atoms with Gasteiger partial charge in [-0.25, -0.2) is 12.8 Å². The zero-order chi connectivity index (χ0) is 17.0. The van der Waals surface area contributed by atoms with Crippen molar-refractivity contribution in [3.63, 3.8) is 0 Å². The van der Waals surface area contributed by atoms with Crippen LogP contribution in [0.1, 0.15) is 5.56 Å². The highest BCUT2D eigenvalue weighted by molar-refractivity contribution is 7.89. The molecule has 7 heteroatoms. The number of ether oxygens (including phenoxy) is 2. The fourth-order valence-corrected chi connectivity index (χ4v) is 3.31. The minimum atomic E-state index is -3.73. The molecule has 0 N–H and O–H groups in total. The fourth-order valence-electron chi connectivity index (χ4n) is 2.13. The van der Waals surface area contributed by atoms with E-state index < -0.39 is 15.8 Å². The van der Waals surface area contributed by atoms with Crippen molar-refractivity contribution in [3.8, 4) is 11.5 Å². The van der Waals surface area contributed by atoms with Gasteiger partial charge in [-0.05, 0) is 29.8 Å². The molecule has 0 atom stereocenters. The van der Waals surface area contributed by atoms with Gasteiger partial charge in [0.2, 0.25) is 10.0 Å². The maximum absolute atomic E-state index is 13.2. The number of hydrogen-bond donors (Lipinski definition) is 0. The van der Waals surface area contributed by atoms with Crippen LogP contribution >= 0.6 is 0 Å². The SMILES string of the molecule is COc1ccc(S(=O)(=O)N(C)Cc2cccc(F)c2)cc1OC. The Labute approximate surface area is 135 Å². The average molecular weight is 339 g/mol. The van der Waals surface area contributed by atoms with Gasteiger partial charge in [-0.1, -0.05) is 12.1 Å². The van der Waals surface area contributed by atoms with Crippen LogP contribution in [0.4, 0.5) is 4.39 Å². The minimum absolute atomic E-state index is 0.0639. The summed E-state index contributed by atoms with van der Waals surface area (Å²) in [6.07, 6.45) is 0. The summed E-state index contributed by atoms with van der Waals surface area (Å²) in [7, 11) is 0.619. The molecule has 0 saturated heterocycles. The molecule has 2 rings (SSSR count). The van der Waals surface area contributed by atoms with Crippen LogP contribution in [-0.4, -0.2) is 34.0 Å². The van der Waals surface area contributed by atoms with E-state index in [4.69, 9.17) is 9.47 Å². The predicted octanol–water partition coefficient (Wildman–Crippen LogP) is 2.66. The number of nitrogens with zero attached hydrogens (tertiary/aromatic N) is 1. The first-order chi connectivity index (χ1) is 10.9. The second-order valence-electron chi connectivity index (χ2n) is 4.91. The lowest BCUT2D eigenvalue weighted by Crippen LogP contribution is -2.26. The summed E-state index contributed by atoms with van der Waals surface area (Å²) >= 11 is 0. The molecule has 0 saturated carbocycles. The number of hydrogen-bond acceptors (Lipinski definition) is 4. The molecule has 0 aliphatic rings. The number of rotatable bonds is 6. The lowest BCUT2D eigenvalue weighted by molar-refractivity contribution is 0.353. The first kappa shape index (κ1) is 17.2. The second kappa shape index (κ2) is 6.97. The van der Waals surface area contributed by atoms with E-state index in [1.54, 1.807) is 12.1 Å². The molecule has 0 radical (unpaired) electrons. The topological polar surface area (TPSA) is 55.8 Å². The highest BCUT2D eigenvalue weighted by Crippen LogP contribution is 2.30. The Morgan fingerprint density at radius 1 is 1.04 bits per heavy atom. The Balaban J connectivity index is 2.30. The third-order valence-corrected chi connectivity index (χ3v) is 5.16. The number of sulfonamides is 1. The van der Waals surface area contributed by atoms with Crippen LogP contribution in [0.15, 0.2) is 47.4 Å². The molecule has 0 aromatic heterocycles. The highest BCUT2D eigenvalue weighted by atomic mass is 32.2. The van der Waals surface area contributed by atoms with Crippen molar-refractivity contribution in [1.29, 1.82) is 0 Å². The quantitative estimate of drug-likeness (QED) is 0.812. The van der Waals surface area contributed by atoms with E-state index in [1.165, 1.54) is 51.6 Å². The molecule has 2 aromatic carbocycles. The Kier molecular flexibility index (Phi) is 5.23. The van der Waals surface area contributed by atoms with Crippen LogP contribution in [0.2, 0.25) is 0 Å². The Morgan fingerprint density at radius 3 is 2.35 bits per heavy atom. The smallest absolute Gasteiger partial charge is 0.243 e. The van der Waals surface area contributed by atoms with Crippen LogP contribution in [0.25, 0.3) is 0 Å². The van der Waals surface area contributed by atoms with Gasteiger partial charge in [-0.15, -0.1) is 0 Å². The maximum Gasteiger partial charge on any atom is 0.243 e. The van der Waals surface area contributed by atoms with Gasteiger partial charge in [0.25, 0.3) is 0 Å². The summed E-state index contributed by atoms with van der Waals surface area (Å²) in [5.41, 5.74) is 0.566. The van der Waals surface area contributed by atoms with Gasteiger partial charge in [0.15, 0.2) is 11.5 Å². The molecule has 0 amide bonds. The summed E-state index contributed by atoms with van der Waals surface area (Å²) in [6.45, 7) is 0.0639. The maximum atomic E-state index is 13.2. The van der Waals surface area contributed by atoms with Crippen molar-refractivity contribution in [2.75, 3.05) is 21.3 Å². The number of halogens is 1. The normalized spacial score (nSPS) is 11.5. The van der Waals surface area contributed by atoms with Crippen molar-refractivity contribution >= 4 is 10.0 Å². The molecule has 0 spiro atoms. The Hall–Kier alpha value is -2.12. The molecular weight excluding hydrogens is 321 g/mol. The average Bonchev–Trinajstić information content (AvgIpc) is 2.54. The van der Waals surface area contributed by atoms with E-state index in [0.29, 0.717) is 17.1 Å². The van der Waals surface area contributed by atoms with E-state index in [-0.39, 0.29) is 11.4 Å². The predicted molar refractivity (Wildman–Crippen MR) is 84.6 cm³/mol. The molecule has 0 unspecified atom stereocenters. The van der Waals surface area contributed by atoms with Gasteiger partial charge in [0.1, 0.15) is 5.82 Å². The van der Waals surface area contributed by atoms with Gasteiger partial charge in [0, 0.05) is 19.7 Å². The van der Waals surface area contributed by atoms with Crippen LogP contribution in [0.5, 0.6) is 11.5 Å². The fraction of sp³-hybridized carbons (Fsp3) is 0.250. The summed E-state index contributed by atoms with van der Waals surface area (Å²) in [5.74, 6) is 0.367. The van der Waals surface area contributed by atoms with Crippen LogP contribution in [-0.2, 0) is 16.6 Å². The van der Waals surface area contributed by atoms with Gasteiger partial charge in [-0.2, -0.15) is 4.31 Å². The van der Waals surface area contributed by atoms with Crippen molar-refractivity contribution < 1.29 is 22.3 Å². The standard InChI is InChI=1S/C16H18FNO4S/c1-18(11-12-5-4-6-13(17)9-12)23(19,20)14-7-8-15(21-2)16(10-14)22-3/h4-10H,11H2,1-3H3. The molecule has 0 fully saturated rings. The largest absolute Gasteiger partial charge is 0.493 e. The van der Waals surface area contributed by atoms with Crippen molar-refractivity contribution in [3.05, 3.63) is 53.8 Å². The molecule has 0 heterocycles. The molecule has 0 aliphatic carbocycles. The number of benzene rings is 2. The Bertz CT molecular complexity index is 792. The first-order valence-electron chi connectivity index (χ1n) is 6.81. The van der Waals surface area contributed by atoms with E-state index in [1.807, 2.05) is 0 Å². The summed E-state index contributed by atoms with van der Waals surface area (Å²) in [4.78, 5) is 0.0778. The summed E-state index contributed by atoms with van der Waals surface area (Å²) in [6, 6.07) is 10.2. The molecule has 0 aliphatic heterocycles. The Morgan fingerprint density at radius 2 is 1.74 bits per heavy atom. The lowest BCUT2D eigenvalue weighted by Gasteiger charge is -2.18. The molecule has 124 valence electrons. The molecule has 0 bridgehead atoms. The molecule has 5 nitrogen and oxygen atoms in total. The van der Waals surface area contributed by atoms with E-state index in [0.717, 1.165) is 4.31 Å². The highest BCUT2D eigenvalue weighted by Gasteiger charge is 2.22. The van der Waals surface area contributed by atoms with Crippen LogP contribution < -0.4 is 9.47 Å². The molecule has 23 heavy (non-hydrogen) atoms. The van der Waals surface area contributed by atoms with Gasteiger partial charge < -0.3 is 9.47 Å². The number of methoxy groups -OCH3 is 2. The monoisotopic (exact) mass is 339 g/mol. The van der Waals surface area contributed by atoms with Crippen molar-refractivity contribution in [2.24, 2.45) is 0 Å². The third-order valence-electron chi connectivity index (χ3n) is 3.36. The minimum Gasteiger partial charge on any atom is -0.493 e. The summed E-state index contributed by atoms with van der Waals surface area (Å²) in [5, 5.41) is 0. The molecule has 2 aromatic rings. The van der Waals surface area contributed by atoms with Crippen LogP contribution in [0.3, 0.4) is 0 Å². The third kappa shape index (κ3) is 3.80. The zero-order valence-corrected chi connectivity index (χ0v) is 13.9. The van der Waals surface area contributed by atoms with E-state index >= 15 is 0 Å². The van der Waals surface area contributed by atoms with E-state index in [9.17, 15) is 12.8 Å². The van der Waals surface area contributed by atoms with Crippen LogP contribution in [0, 0.1) is 5.82 Å². The molecular formula is C16H18FNO4S. The first-order valence-corrected chi connectivity index (χ1v) is 8.25. The van der Waals surface area contributed by atoms with E-state index in [2.05, 4.69) is 0 Å². The van der Waals surface area contributed by atoms with Gasteiger partial charge in [0.05, 0.1) is 19.1 Å².